The van der Waals surface area contributed by atoms with Crippen molar-refractivity contribution in [1.82, 2.24) is 0 Å². The SMILES string of the molecule is [C-]#[N+]C(C)P(=O)(Oc1ccccc1)Oc1ccccc1. The highest BCUT2D eigenvalue weighted by atomic mass is 31.2. The van der Waals surface area contributed by atoms with Crippen molar-refractivity contribution in [2.45, 2.75) is 12.7 Å². The molecule has 0 heterocycles. The topological polar surface area (TPSA) is 39.9 Å². The molecule has 20 heavy (non-hydrogen) atoms. The molecule has 102 valence electrons. The molecule has 4 nitrogen and oxygen atoms in total. The van der Waals surface area contributed by atoms with E-state index in [-0.39, 0.29) is 0 Å². The molecule has 0 aliphatic heterocycles. The highest BCUT2D eigenvalue weighted by Crippen LogP contribution is 2.53. The lowest BCUT2D eigenvalue weighted by Gasteiger charge is -2.19. The van der Waals surface area contributed by atoms with Crippen LogP contribution in [0.25, 0.3) is 4.85 Å². The Morgan fingerprint density at radius 3 is 1.70 bits per heavy atom. The molecule has 2 rings (SSSR count). The predicted octanol–water partition coefficient (Wildman–Crippen LogP) is 4.60. The van der Waals surface area contributed by atoms with E-state index in [9.17, 15) is 4.57 Å². The van der Waals surface area contributed by atoms with Crippen LogP contribution in [-0.2, 0) is 4.57 Å². The van der Waals surface area contributed by atoms with Crippen molar-refractivity contribution in [3.63, 3.8) is 0 Å². The quantitative estimate of drug-likeness (QED) is 0.596. The van der Waals surface area contributed by atoms with Crippen molar-refractivity contribution in [3.8, 4) is 11.5 Å². The van der Waals surface area contributed by atoms with Gasteiger partial charge in [-0.05, 0) is 24.3 Å². The van der Waals surface area contributed by atoms with E-state index in [0.717, 1.165) is 0 Å². The summed E-state index contributed by atoms with van der Waals surface area (Å²) in [6.45, 7) is 8.62. The molecule has 5 heteroatoms. The second-order valence-electron chi connectivity index (χ2n) is 4.11. The summed E-state index contributed by atoms with van der Waals surface area (Å²) in [6, 6.07) is 17.4. The van der Waals surface area contributed by atoms with Gasteiger partial charge in [-0.25, -0.2) is 11.1 Å². The highest BCUT2D eigenvalue weighted by Gasteiger charge is 2.41. The molecular weight excluding hydrogens is 273 g/mol. The molecule has 2 aromatic rings. The van der Waals surface area contributed by atoms with Crippen LogP contribution in [0, 0.1) is 6.57 Å². The van der Waals surface area contributed by atoms with Gasteiger partial charge < -0.3 is 9.05 Å². The molecule has 1 unspecified atom stereocenters. The minimum absolute atomic E-state index is 0.419. The molecule has 1 atom stereocenters. The Bertz CT molecular complexity index is 592. The van der Waals surface area contributed by atoms with E-state index in [1.54, 1.807) is 48.5 Å². The van der Waals surface area contributed by atoms with Crippen molar-refractivity contribution in [2.24, 2.45) is 0 Å². The monoisotopic (exact) mass is 287 g/mol. The van der Waals surface area contributed by atoms with E-state index in [2.05, 4.69) is 4.85 Å². The van der Waals surface area contributed by atoms with Gasteiger partial charge >= 0.3 is 13.4 Å². The molecule has 0 saturated carbocycles. The Morgan fingerprint density at radius 1 is 0.950 bits per heavy atom. The van der Waals surface area contributed by atoms with E-state index >= 15 is 0 Å². The maximum absolute atomic E-state index is 12.8. The maximum Gasteiger partial charge on any atom is 0.512 e. The summed E-state index contributed by atoms with van der Waals surface area (Å²) in [4.78, 5) is 3.29. The fourth-order valence-electron chi connectivity index (χ4n) is 1.50. The average Bonchev–Trinajstić information content (AvgIpc) is 2.48. The fourth-order valence-corrected chi connectivity index (χ4v) is 2.81. The molecule has 0 fully saturated rings. The van der Waals surface area contributed by atoms with Gasteiger partial charge in [-0.2, -0.15) is 0 Å². The highest BCUT2D eigenvalue weighted by molar-refractivity contribution is 7.55. The lowest BCUT2D eigenvalue weighted by molar-refractivity contribution is 0.380. The maximum atomic E-state index is 12.8. The molecule has 0 radical (unpaired) electrons. The van der Waals surface area contributed by atoms with Crippen LogP contribution < -0.4 is 9.05 Å². The van der Waals surface area contributed by atoms with Gasteiger partial charge in [0.05, 0.1) is 0 Å². The number of rotatable bonds is 5. The van der Waals surface area contributed by atoms with E-state index in [0.29, 0.717) is 11.5 Å². The van der Waals surface area contributed by atoms with Crippen LogP contribution in [0.15, 0.2) is 60.7 Å². The van der Waals surface area contributed by atoms with Gasteiger partial charge in [-0.3, -0.25) is 4.85 Å². The summed E-state index contributed by atoms with van der Waals surface area (Å²) < 4.78 is 23.8. The average molecular weight is 287 g/mol. The van der Waals surface area contributed by atoms with Crippen LogP contribution in [0.3, 0.4) is 0 Å². The van der Waals surface area contributed by atoms with Gasteiger partial charge in [-0.15, -0.1) is 0 Å². The molecule has 0 amide bonds. The summed E-state index contributed by atoms with van der Waals surface area (Å²) in [5.41, 5.74) is 0. The summed E-state index contributed by atoms with van der Waals surface area (Å²) in [6.07, 6.45) is 0. The third kappa shape index (κ3) is 3.40. The molecule has 0 N–H and O–H groups in total. The van der Waals surface area contributed by atoms with E-state index in [1.165, 1.54) is 6.92 Å². The van der Waals surface area contributed by atoms with Crippen molar-refractivity contribution in [3.05, 3.63) is 72.1 Å². The Hall–Kier alpha value is -2.24. The third-order valence-corrected chi connectivity index (χ3v) is 4.56. The first-order valence-corrected chi connectivity index (χ1v) is 7.71. The van der Waals surface area contributed by atoms with Gasteiger partial charge in [0.25, 0.3) is 0 Å². The first kappa shape index (κ1) is 14.2. The summed E-state index contributed by atoms with van der Waals surface area (Å²) in [5, 5.41) is 0. The number of hydrogen-bond acceptors (Lipinski definition) is 3. The van der Waals surface area contributed by atoms with Gasteiger partial charge in [0, 0.05) is 6.92 Å². The Morgan fingerprint density at radius 2 is 1.35 bits per heavy atom. The van der Waals surface area contributed by atoms with E-state index < -0.39 is 13.4 Å². The Kier molecular flexibility index (Phi) is 4.45. The van der Waals surface area contributed by atoms with E-state index in [4.69, 9.17) is 15.6 Å². The lowest BCUT2D eigenvalue weighted by atomic mass is 10.3. The van der Waals surface area contributed by atoms with Crippen molar-refractivity contribution in [2.75, 3.05) is 0 Å². The standard InChI is InChI=1S/C15H14NO3P/c1-13(16-2)20(17,18-14-9-5-3-6-10-14)19-15-11-7-4-8-12-15/h3-13H,1H3. The zero-order valence-corrected chi connectivity index (χ0v) is 11.9. The molecule has 0 bridgehead atoms. The van der Waals surface area contributed by atoms with E-state index in [1.807, 2.05) is 12.1 Å². The first-order chi connectivity index (χ1) is 9.64. The summed E-state index contributed by atoms with van der Waals surface area (Å²) >= 11 is 0. The first-order valence-electron chi connectivity index (χ1n) is 6.09. The molecule has 0 aliphatic rings. The smallest absolute Gasteiger partial charge is 0.411 e. The second kappa shape index (κ2) is 6.27. The normalized spacial score (nSPS) is 12.2. The number of benzene rings is 2. The van der Waals surface area contributed by atoms with Crippen molar-refractivity contribution >= 4 is 7.60 Å². The van der Waals surface area contributed by atoms with Gasteiger partial charge in [0.15, 0.2) is 0 Å². The predicted molar refractivity (Wildman–Crippen MR) is 77.8 cm³/mol. The minimum atomic E-state index is -3.61. The van der Waals surface area contributed by atoms with Gasteiger partial charge in [0.1, 0.15) is 11.5 Å². The molecular formula is C15H14NO3P. The van der Waals surface area contributed by atoms with Crippen LogP contribution in [0.1, 0.15) is 6.92 Å². The van der Waals surface area contributed by atoms with Crippen molar-refractivity contribution < 1.29 is 13.6 Å². The third-order valence-electron chi connectivity index (χ3n) is 2.60. The number of nitrogens with zero attached hydrogens (tertiary/aromatic N) is 1. The molecule has 0 saturated heterocycles. The van der Waals surface area contributed by atoms with Crippen LogP contribution in [-0.4, -0.2) is 5.78 Å². The van der Waals surface area contributed by atoms with Crippen molar-refractivity contribution in [1.29, 1.82) is 0 Å². The van der Waals surface area contributed by atoms with Crippen LogP contribution in [0.5, 0.6) is 11.5 Å². The van der Waals surface area contributed by atoms with Crippen LogP contribution >= 0.6 is 7.60 Å². The fraction of sp³-hybridized carbons (Fsp3) is 0.133. The van der Waals surface area contributed by atoms with Gasteiger partial charge in [-0.1, -0.05) is 36.4 Å². The molecule has 2 aromatic carbocycles. The van der Waals surface area contributed by atoms with Gasteiger partial charge in [0.2, 0.25) is 0 Å². The molecule has 0 spiro atoms. The zero-order valence-electron chi connectivity index (χ0n) is 11.0. The van der Waals surface area contributed by atoms with Crippen LogP contribution in [0.4, 0.5) is 0 Å². The lowest BCUT2D eigenvalue weighted by Crippen LogP contribution is -2.10. The summed E-state index contributed by atoms with van der Waals surface area (Å²) in [5.74, 6) is -0.0487. The zero-order chi connectivity index (χ0) is 14.4. The Balaban J connectivity index is 2.27. The Labute approximate surface area is 118 Å². The second-order valence-corrected chi connectivity index (χ2v) is 6.30. The largest absolute Gasteiger partial charge is 0.512 e. The van der Waals surface area contributed by atoms with Crippen LogP contribution in [0.2, 0.25) is 0 Å². The number of hydrogen-bond donors (Lipinski definition) is 0. The number of para-hydroxylation sites is 2. The molecule has 0 aliphatic carbocycles. The molecule has 0 aromatic heterocycles. The minimum Gasteiger partial charge on any atom is -0.411 e. The summed E-state index contributed by atoms with van der Waals surface area (Å²) in [7, 11) is -3.61.